The Morgan fingerprint density at radius 2 is 0.857 bits per heavy atom. The fourth-order valence-corrected chi connectivity index (χ4v) is 5.02. The summed E-state index contributed by atoms with van der Waals surface area (Å²) in [4.78, 5) is 5.46. The monoisotopic (exact) mass is 579 g/mol. The Hall–Kier alpha value is -4.66. The third-order valence-corrected chi connectivity index (χ3v) is 6.84. The third-order valence-electron chi connectivity index (χ3n) is 6.84. The minimum absolute atomic E-state index is 0.306. The van der Waals surface area contributed by atoms with Crippen molar-refractivity contribution in [3.05, 3.63) is 144 Å². The van der Waals surface area contributed by atoms with Crippen molar-refractivity contribution >= 4 is 22.7 Å². The zero-order chi connectivity index (χ0) is 29.7. The highest BCUT2D eigenvalue weighted by Gasteiger charge is 2.33. The fraction of sp³-hybridized carbons (Fsp3) is 0.152. The Bertz CT molecular complexity index is 1430. The average molecular weight is 580 g/mol. The Balaban J connectivity index is 1.48. The molecule has 1 N–H and O–H groups in total. The van der Waals surface area contributed by atoms with Gasteiger partial charge in [-0.3, -0.25) is 0 Å². The number of rotatable bonds is 9. The fourth-order valence-electron chi connectivity index (χ4n) is 5.02. The van der Waals surface area contributed by atoms with Crippen LogP contribution in [-0.2, 0) is 0 Å². The second-order valence-electron chi connectivity index (χ2n) is 9.83. The van der Waals surface area contributed by atoms with E-state index in [9.17, 15) is 26.3 Å². The molecule has 216 valence electrons. The molecule has 0 atom stereocenters. The lowest BCUT2D eigenvalue weighted by Gasteiger charge is -2.27. The van der Waals surface area contributed by atoms with Crippen LogP contribution in [0.1, 0.15) is 22.6 Å². The summed E-state index contributed by atoms with van der Waals surface area (Å²) in [5.41, 5.74) is 4.15. The SMILES string of the molecule is FC(F)(F)CN(c1ccccc1)c1ccc(C(c2ccc(N(CC(F)(F)F)c3ccccc3)cc2)c2cc[nH]c2)cc1. The van der Waals surface area contributed by atoms with Gasteiger partial charge in [0.2, 0.25) is 0 Å². The molecule has 5 aromatic rings. The number of benzene rings is 4. The number of halogens is 6. The van der Waals surface area contributed by atoms with Gasteiger partial charge in [0.25, 0.3) is 0 Å². The molecule has 0 fully saturated rings. The summed E-state index contributed by atoms with van der Waals surface area (Å²) in [5.74, 6) is -0.306. The molecule has 0 unspecified atom stereocenters. The first-order valence-corrected chi connectivity index (χ1v) is 13.2. The number of nitrogens with zero attached hydrogens (tertiary/aromatic N) is 2. The second-order valence-corrected chi connectivity index (χ2v) is 9.83. The maximum absolute atomic E-state index is 13.5. The zero-order valence-corrected chi connectivity index (χ0v) is 22.3. The molecular weight excluding hydrogens is 552 g/mol. The van der Waals surface area contributed by atoms with Crippen LogP contribution in [0.3, 0.4) is 0 Å². The lowest BCUT2D eigenvalue weighted by Crippen LogP contribution is -2.30. The normalized spacial score (nSPS) is 12.0. The van der Waals surface area contributed by atoms with Crippen LogP contribution in [-0.4, -0.2) is 30.4 Å². The molecule has 3 nitrogen and oxygen atoms in total. The maximum Gasteiger partial charge on any atom is 0.406 e. The van der Waals surface area contributed by atoms with E-state index in [1.54, 1.807) is 115 Å². The molecule has 4 aromatic carbocycles. The maximum atomic E-state index is 13.5. The van der Waals surface area contributed by atoms with Gasteiger partial charge in [0.15, 0.2) is 0 Å². The summed E-state index contributed by atoms with van der Waals surface area (Å²) < 4.78 is 80.8. The molecular formula is C33H27F6N3. The van der Waals surface area contributed by atoms with Crippen molar-refractivity contribution in [2.24, 2.45) is 0 Å². The van der Waals surface area contributed by atoms with Gasteiger partial charge < -0.3 is 14.8 Å². The van der Waals surface area contributed by atoms with Crippen molar-refractivity contribution in [1.29, 1.82) is 0 Å². The van der Waals surface area contributed by atoms with E-state index in [1.807, 2.05) is 12.3 Å². The van der Waals surface area contributed by atoms with E-state index in [2.05, 4.69) is 4.98 Å². The van der Waals surface area contributed by atoms with Gasteiger partial charge in [0, 0.05) is 41.1 Å². The van der Waals surface area contributed by atoms with Crippen molar-refractivity contribution < 1.29 is 26.3 Å². The summed E-state index contributed by atoms with van der Waals surface area (Å²) in [7, 11) is 0. The number of aromatic amines is 1. The average Bonchev–Trinajstić information content (AvgIpc) is 3.50. The van der Waals surface area contributed by atoms with E-state index in [0.717, 1.165) is 16.7 Å². The van der Waals surface area contributed by atoms with Gasteiger partial charge in [0.05, 0.1) is 0 Å². The van der Waals surface area contributed by atoms with Gasteiger partial charge >= 0.3 is 12.4 Å². The molecule has 1 heterocycles. The Morgan fingerprint density at radius 3 is 1.19 bits per heavy atom. The van der Waals surface area contributed by atoms with Gasteiger partial charge in [-0.05, 0) is 71.3 Å². The Labute approximate surface area is 239 Å². The van der Waals surface area contributed by atoms with Gasteiger partial charge in [-0.15, -0.1) is 0 Å². The molecule has 0 saturated heterocycles. The van der Waals surface area contributed by atoms with Crippen molar-refractivity contribution in [2.45, 2.75) is 18.3 Å². The van der Waals surface area contributed by atoms with Crippen LogP contribution in [0.2, 0.25) is 0 Å². The first-order chi connectivity index (χ1) is 20.1. The van der Waals surface area contributed by atoms with E-state index in [0.29, 0.717) is 22.7 Å². The lowest BCUT2D eigenvalue weighted by atomic mass is 9.86. The van der Waals surface area contributed by atoms with Gasteiger partial charge in [-0.2, -0.15) is 26.3 Å². The lowest BCUT2D eigenvalue weighted by molar-refractivity contribution is -0.119. The number of alkyl halides is 6. The molecule has 0 bridgehead atoms. The molecule has 0 spiro atoms. The highest BCUT2D eigenvalue weighted by Crippen LogP contribution is 2.37. The van der Waals surface area contributed by atoms with E-state index in [-0.39, 0.29) is 5.92 Å². The number of hydrogen-bond acceptors (Lipinski definition) is 2. The summed E-state index contributed by atoms with van der Waals surface area (Å²) in [6.45, 7) is -2.29. The molecule has 0 saturated carbocycles. The van der Waals surface area contributed by atoms with Gasteiger partial charge in [-0.1, -0.05) is 60.7 Å². The number of anilines is 4. The zero-order valence-electron chi connectivity index (χ0n) is 22.3. The number of para-hydroxylation sites is 2. The first kappa shape index (κ1) is 28.9. The Morgan fingerprint density at radius 1 is 0.476 bits per heavy atom. The van der Waals surface area contributed by atoms with Crippen LogP contribution in [0.15, 0.2) is 128 Å². The smallest absolute Gasteiger partial charge is 0.367 e. The minimum atomic E-state index is -4.41. The number of hydrogen-bond donors (Lipinski definition) is 1. The van der Waals surface area contributed by atoms with Crippen LogP contribution in [0, 0.1) is 0 Å². The molecule has 0 aliphatic rings. The number of nitrogens with one attached hydrogen (secondary N) is 1. The summed E-state index contributed by atoms with van der Waals surface area (Å²) in [6, 6.07) is 32.4. The number of H-pyrrole nitrogens is 1. The van der Waals surface area contributed by atoms with Crippen LogP contribution in [0.25, 0.3) is 0 Å². The molecule has 1 aromatic heterocycles. The summed E-state index contributed by atoms with van der Waals surface area (Å²) in [6.07, 6.45) is -5.23. The minimum Gasteiger partial charge on any atom is -0.367 e. The molecule has 0 aliphatic heterocycles. The van der Waals surface area contributed by atoms with Crippen molar-refractivity contribution in [3.8, 4) is 0 Å². The topological polar surface area (TPSA) is 22.3 Å². The molecule has 5 rings (SSSR count). The molecule has 42 heavy (non-hydrogen) atoms. The summed E-state index contributed by atoms with van der Waals surface area (Å²) in [5, 5.41) is 0. The first-order valence-electron chi connectivity index (χ1n) is 13.2. The van der Waals surface area contributed by atoms with E-state index in [4.69, 9.17) is 0 Å². The van der Waals surface area contributed by atoms with Crippen LogP contribution in [0.4, 0.5) is 49.1 Å². The predicted molar refractivity (Wildman–Crippen MR) is 154 cm³/mol. The van der Waals surface area contributed by atoms with Crippen molar-refractivity contribution in [2.75, 3.05) is 22.9 Å². The van der Waals surface area contributed by atoms with Crippen molar-refractivity contribution in [3.63, 3.8) is 0 Å². The quantitative estimate of drug-likeness (QED) is 0.176. The van der Waals surface area contributed by atoms with Gasteiger partial charge in [-0.25, -0.2) is 0 Å². The van der Waals surface area contributed by atoms with Crippen molar-refractivity contribution in [1.82, 2.24) is 4.98 Å². The summed E-state index contributed by atoms with van der Waals surface area (Å²) >= 11 is 0. The highest BCUT2D eigenvalue weighted by molar-refractivity contribution is 5.66. The van der Waals surface area contributed by atoms with Crippen LogP contribution >= 0.6 is 0 Å². The largest absolute Gasteiger partial charge is 0.406 e. The molecule has 9 heteroatoms. The van der Waals surface area contributed by atoms with Crippen LogP contribution < -0.4 is 9.80 Å². The number of aromatic nitrogens is 1. The van der Waals surface area contributed by atoms with Gasteiger partial charge in [0.1, 0.15) is 13.1 Å². The molecule has 0 aliphatic carbocycles. The second kappa shape index (κ2) is 12.1. The van der Waals surface area contributed by atoms with E-state index in [1.165, 1.54) is 9.80 Å². The van der Waals surface area contributed by atoms with E-state index >= 15 is 0 Å². The predicted octanol–water partition coefficient (Wildman–Crippen LogP) is 9.60. The third kappa shape index (κ3) is 7.15. The molecule has 0 amide bonds. The molecule has 0 radical (unpaired) electrons. The van der Waals surface area contributed by atoms with E-state index < -0.39 is 25.4 Å². The van der Waals surface area contributed by atoms with Crippen LogP contribution in [0.5, 0.6) is 0 Å². The Kier molecular flexibility index (Phi) is 8.29. The highest BCUT2D eigenvalue weighted by atomic mass is 19.4. The standard InChI is InChI=1S/C33H27F6N3/c34-32(35,36)22-41(27-7-3-1-4-8-27)29-15-11-24(12-16-29)31(26-19-20-40-21-26)25-13-17-30(18-14-25)42(23-33(37,38)39)28-9-5-2-6-10-28/h1-21,31,40H,22-23H2.